The normalized spacial score (nSPS) is 17.9. The SMILES string of the molecule is CC(C)c1noc(CN(C)C2CN(c3cc4c(nn3)CCCC4)C2)n1. The summed E-state index contributed by atoms with van der Waals surface area (Å²) in [6.07, 6.45) is 4.73. The highest BCUT2D eigenvalue weighted by molar-refractivity contribution is 5.45. The van der Waals surface area contributed by atoms with Gasteiger partial charge in [0.25, 0.3) is 0 Å². The van der Waals surface area contributed by atoms with Gasteiger partial charge in [0, 0.05) is 25.0 Å². The molecule has 0 radical (unpaired) electrons. The summed E-state index contributed by atoms with van der Waals surface area (Å²) < 4.78 is 5.35. The van der Waals surface area contributed by atoms with Crippen LogP contribution in [-0.2, 0) is 19.4 Å². The molecule has 4 rings (SSSR count). The summed E-state index contributed by atoms with van der Waals surface area (Å²) in [5.41, 5.74) is 2.58. The van der Waals surface area contributed by atoms with Crippen molar-refractivity contribution in [1.82, 2.24) is 25.2 Å². The van der Waals surface area contributed by atoms with E-state index in [0.29, 0.717) is 24.4 Å². The van der Waals surface area contributed by atoms with Crippen molar-refractivity contribution in [2.75, 3.05) is 25.0 Å². The molecule has 1 saturated heterocycles. The quantitative estimate of drug-likeness (QED) is 0.824. The number of anilines is 1. The van der Waals surface area contributed by atoms with Gasteiger partial charge in [0.2, 0.25) is 5.89 Å². The number of aryl methyl sites for hydroxylation is 2. The summed E-state index contributed by atoms with van der Waals surface area (Å²) in [5, 5.41) is 12.9. The van der Waals surface area contributed by atoms with Gasteiger partial charge in [-0.2, -0.15) is 10.1 Å². The third-order valence-corrected chi connectivity index (χ3v) is 5.25. The van der Waals surface area contributed by atoms with Crippen LogP contribution in [0.1, 0.15) is 55.6 Å². The van der Waals surface area contributed by atoms with E-state index in [-0.39, 0.29) is 0 Å². The summed E-state index contributed by atoms with van der Waals surface area (Å²) in [6, 6.07) is 2.72. The molecule has 0 atom stereocenters. The molecule has 3 heterocycles. The van der Waals surface area contributed by atoms with Crippen LogP contribution in [0.2, 0.25) is 0 Å². The van der Waals surface area contributed by atoms with Crippen LogP contribution in [0.25, 0.3) is 0 Å². The second-order valence-corrected chi connectivity index (χ2v) is 7.56. The van der Waals surface area contributed by atoms with Crippen molar-refractivity contribution >= 4 is 5.82 Å². The van der Waals surface area contributed by atoms with E-state index in [2.05, 4.69) is 57.1 Å². The number of rotatable bonds is 5. The van der Waals surface area contributed by atoms with Gasteiger partial charge in [0.1, 0.15) is 0 Å². The van der Waals surface area contributed by atoms with Crippen LogP contribution in [0.3, 0.4) is 0 Å². The maximum absolute atomic E-state index is 5.35. The highest BCUT2D eigenvalue weighted by Crippen LogP contribution is 2.26. The molecule has 0 N–H and O–H groups in total. The molecule has 0 aromatic carbocycles. The van der Waals surface area contributed by atoms with Crippen LogP contribution >= 0.6 is 0 Å². The van der Waals surface area contributed by atoms with Gasteiger partial charge in [0.15, 0.2) is 11.6 Å². The zero-order valence-electron chi connectivity index (χ0n) is 15.3. The summed E-state index contributed by atoms with van der Waals surface area (Å²) in [6.45, 7) is 6.77. The van der Waals surface area contributed by atoms with Crippen molar-refractivity contribution in [3.63, 3.8) is 0 Å². The monoisotopic (exact) mass is 342 g/mol. The Bertz CT molecular complexity index is 737. The summed E-state index contributed by atoms with van der Waals surface area (Å²) in [4.78, 5) is 9.04. The lowest BCUT2D eigenvalue weighted by Gasteiger charge is -2.44. The molecule has 2 aromatic rings. The first kappa shape index (κ1) is 16.4. The number of hydrogen-bond acceptors (Lipinski definition) is 7. The van der Waals surface area contributed by atoms with Gasteiger partial charge in [-0.3, -0.25) is 4.90 Å². The van der Waals surface area contributed by atoms with Crippen molar-refractivity contribution in [1.29, 1.82) is 0 Å². The van der Waals surface area contributed by atoms with E-state index in [4.69, 9.17) is 4.52 Å². The van der Waals surface area contributed by atoms with Crippen molar-refractivity contribution < 1.29 is 4.52 Å². The third-order valence-electron chi connectivity index (χ3n) is 5.25. The van der Waals surface area contributed by atoms with E-state index in [1.807, 2.05) is 0 Å². The lowest BCUT2D eigenvalue weighted by Crippen LogP contribution is -2.58. The zero-order chi connectivity index (χ0) is 17.4. The molecular weight excluding hydrogens is 316 g/mol. The molecule has 1 aliphatic carbocycles. The highest BCUT2D eigenvalue weighted by atomic mass is 16.5. The first-order valence-electron chi connectivity index (χ1n) is 9.23. The van der Waals surface area contributed by atoms with Gasteiger partial charge in [-0.05, 0) is 44.4 Å². The fourth-order valence-electron chi connectivity index (χ4n) is 3.46. The van der Waals surface area contributed by atoms with E-state index in [1.165, 1.54) is 24.1 Å². The number of fused-ring (bicyclic) bond motifs is 1. The lowest BCUT2D eigenvalue weighted by molar-refractivity contribution is 0.174. The maximum atomic E-state index is 5.35. The number of hydrogen-bond donors (Lipinski definition) is 0. The predicted molar refractivity (Wildman–Crippen MR) is 94.5 cm³/mol. The van der Waals surface area contributed by atoms with Gasteiger partial charge in [0.05, 0.1) is 12.2 Å². The van der Waals surface area contributed by atoms with Crippen molar-refractivity contribution in [3.05, 3.63) is 29.0 Å². The van der Waals surface area contributed by atoms with Crippen LogP contribution in [0.4, 0.5) is 5.82 Å². The Morgan fingerprint density at radius 1 is 1.24 bits per heavy atom. The molecule has 0 saturated carbocycles. The summed E-state index contributed by atoms with van der Waals surface area (Å²) >= 11 is 0. The molecule has 0 spiro atoms. The minimum Gasteiger partial charge on any atom is -0.352 e. The topological polar surface area (TPSA) is 71.2 Å². The van der Waals surface area contributed by atoms with Gasteiger partial charge in [-0.25, -0.2) is 0 Å². The van der Waals surface area contributed by atoms with E-state index in [1.54, 1.807) is 0 Å². The molecular formula is C18H26N6O. The summed E-state index contributed by atoms with van der Waals surface area (Å²) in [7, 11) is 2.11. The fourth-order valence-corrected chi connectivity index (χ4v) is 3.46. The minimum atomic E-state index is 0.296. The Hall–Kier alpha value is -2.02. The summed E-state index contributed by atoms with van der Waals surface area (Å²) in [5.74, 6) is 2.79. The molecule has 2 aliphatic rings. The second kappa shape index (κ2) is 6.71. The molecule has 2 aromatic heterocycles. The predicted octanol–water partition coefficient (Wildman–Crippen LogP) is 2.18. The molecule has 0 bridgehead atoms. The van der Waals surface area contributed by atoms with E-state index >= 15 is 0 Å². The zero-order valence-corrected chi connectivity index (χ0v) is 15.3. The first-order chi connectivity index (χ1) is 12.1. The molecule has 25 heavy (non-hydrogen) atoms. The van der Waals surface area contributed by atoms with Crippen LogP contribution < -0.4 is 4.90 Å². The van der Waals surface area contributed by atoms with Crippen LogP contribution in [0.5, 0.6) is 0 Å². The third kappa shape index (κ3) is 3.38. The van der Waals surface area contributed by atoms with Gasteiger partial charge in [-0.15, -0.1) is 5.10 Å². The van der Waals surface area contributed by atoms with Crippen LogP contribution in [0, 0.1) is 0 Å². The van der Waals surface area contributed by atoms with E-state index in [9.17, 15) is 0 Å². The largest absolute Gasteiger partial charge is 0.352 e. The molecule has 0 unspecified atom stereocenters. The van der Waals surface area contributed by atoms with Crippen molar-refractivity contribution in [3.8, 4) is 0 Å². The standard InChI is InChI=1S/C18H26N6O/c1-12(2)18-19-17(25-22-18)11-23(3)14-9-24(10-14)16-8-13-6-4-5-7-15(13)20-21-16/h8,12,14H,4-7,9-11H2,1-3H3. The Balaban J connectivity index is 1.33. The molecule has 1 aliphatic heterocycles. The molecule has 7 nitrogen and oxygen atoms in total. The Morgan fingerprint density at radius 2 is 2.04 bits per heavy atom. The second-order valence-electron chi connectivity index (χ2n) is 7.56. The molecule has 134 valence electrons. The minimum absolute atomic E-state index is 0.296. The fraction of sp³-hybridized carbons (Fsp3) is 0.667. The Labute approximate surface area is 148 Å². The smallest absolute Gasteiger partial charge is 0.240 e. The highest BCUT2D eigenvalue weighted by Gasteiger charge is 2.32. The Kier molecular flexibility index (Phi) is 4.41. The number of aromatic nitrogens is 4. The molecule has 0 amide bonds. The van der Waals surface area contributed by atoms with E-state index in [0.717, 1.165) is 37.6 Å². The average Bonchev–Trinajstić information content (AvgIpc) is 3.02. The van der Waals surface area contributed by atoms with Gasteiger partial charge in [-0.1, -0.05) is 19.0 Å². The first-order valence-corrected chi connectivity index (χ1v) is 9.23. The van der Waals surface area contributed by atoms with Gasteiger partial charge >= 0.3 is 0 Å². The number of likely N-dealkylation sites (N-methyl/N-ethyl adjacent to an activating group) is 1. The van der Waals surface area contributed by atoms with Gasteiger partial charge < -0.3 is 9.42 Å². The van der Waals surface area contributed by atoms with Crippen LogP contribution in [-0.4, -0.2) is 51.4 Å². The molecule has 1 fully saturated rings. The lowest BCUT2D eigenvalue weighted by atomic mass is 9.96. The molecule has 7 heteroatoms. The maximum Gasteiger partial charge on any atom is 0.240 e. The van der Waals surface area contributed by atoms with Crippen LogP contribution in [0.15, 0.2) is 10.6 Å². The van der Waals surface area contributed by atoms with Crippen molar-refractivity contribution in [2.24, 2.45) is 0 Å². The average molecular weight is 342 g/mol. The van der Waals surface area contributed by atoms with E-state index < -0.39 is 0 Å². The number of nitrogens with zero attached hydrogens (tertiary/aromatic N) is 6. The van der Waals surface area contributed by atoms with Crippen molar-refractivity contribution in [2.45, 2.75) is 58.0 Å². The Morgan fingerprint density at radius 3 is 2.80 bits per heavy atom.